The van der Waals surface area contributed by atoms with Crippen LogP contribution in [0.4, 0.5) is 0 Å². The first-order valence-electron chi connectivity index (χ1n) is 6.39. The monoisotopic (exact) mass is 269 g/mol. The summed E-state index contributed by atoms with van der Waals surface area (Å²) in [6.07, 6.45) is 3.26. The lowest BCUT2D eigenvalue weighted by Crippen LogP contribution is -2.22. The molecule has 2 rings (SSSR count). The second-order valence-corrected chi connectivity index (χ2v) is 5.71. The van der Waals surface area contributed by atoms with Crippen LogP contribution in [-0.4, -0.2) is 41.1 Å². The Morgan fingerprint density at radius 3 is 2.83 bits per heavy atom. The quantitative estimate of drug-likeness (QED) is 0.841. The number of carbonyl (C=O) groups excluding carboxylic acids is 1. The van der Waals surface area contributed by atoms with Crippen molar-refractivity contribution in [3.63, 3.8) is 0 Å². The fourth-order valence-electron chi connectivity index (χ4n) is 2.59. The van der Waals surface area contributed by atoms with Gasteiger partial charge in [-0.3, -0.25) is 9.48 Å². The minimum absolute atomic E-state index is 0.0670. The first-order chi connectivity index (χ1) is 8.50. The molecule has 0 N–H and O–H groups in total. The molecule has 2 unspecified atom stereocenters. The van der Waals surface area contributed by atoms with Crippen LogP contribution in [0, 0.1) is 5.92 Å². The second kappa shape index (κ2) is 5.41. The van der Waals surface area contributed by atoms with Gasteiger partial charge in [0.25, 0.3) is 0 Å². The number of likely N-dealkylation sites (N-methyl/N-ethyl adjacent to an activating group) is 1. The summed E-state index contributed by atoms with van der Waals surface area (Å²) in [6, 6.07) is 0. The van der Waals surface area contributed by atoms with Gasteiger partial charge >= 0.3 is 0 Å². The van der Waals surface area contributed by atoms with E-state index in [0.717, 1.165) is 25.2 Å². The predicted molar refractivity (Wildman–Crippen MR) is 71.9 cm³/mol. The van der Waals surface area contributed by atoms with E-state index in [-0.39, 0.29) is 11.8 Å². The van der Waals surface area contributed by atoms with Crippen molar-refractivity contribution < 1.29 is 4.79 Å². The van der Waals surface area contributed by atoms with Crippen molar-refractivity contribution >= 4 is 17.4 Å². The van der Waals surface area contributed by atoms with Crippen LogP contribution in [0.25, 0.3) is 0 Å². The molecule has 5 heteroatoms. The molecule has 1 heterocycles. The van der Waals surface area contributed by atoms with Gasteiger partial charge in [-0.05, 0) is 20.5 Å². The molecule has 1 saturated carbocycles. The van der Waals surface area contributed by atoms with Gasteiger partial charge < -0.3 is 4.90 Å². The lowest BCUT2D eigenvalue weighted by molar-refractivity contribution is -0.120. The molecule has 0 amide bonds. The van der Waals surface area contributed by atoms with E-state index in [1.807, 2.05) is 25.7 Å². The largest absolute Gasteiger partial charge is 0.308 e. The molecule has 0 radical (unpaired) electrons. The number of halogens is 1. The van der Waals surface area contributed by atoms with Crippen molar-refractivity contribution in [3.05, 3.63) is 16.9 Å². The molecule has 100 valence electrons. The van der Waals surface area contributed by atoms with Gasteiger partial charge in [0.2, 0.25) is 0 Å². The molecule has 0 aromatic carbocycles. The maximum atomic E-state index is 11.7. The minimum atomic E-state index is 0.0670. The maximum Gasteiger partial charge on any atom is 0.136 e. The third-order valence-corrected chi connectivity index (χ3v) is 4.05. The molecule has 1 aliphatic rings. The standard InChI is InChI=1S/C13H20ClN3O/c1-9-10(4-5-12(9)18)13-11(14)8-15-17(13)7-6-16(2)3/h8-10H,4-7H2,1-3H3. The van der Waals surface area contributed by atoms with Crippen LogP contribution in [0.5, 0.6) is 0 Å². The number of carbonyl (C=O) groups is 1. The van der Waals surface area contributed by atoms with Crippen molar-refractivity contribution in [2.75, 3.05) is 20.6 Å². The number of aromatic nitrogens is 2. The number of nitrogens with zero attached hydrogens (tertiary/aromatic N) is 3. The van der Waals surface area contributed by atoms with E-state index in [4.69, 9.17) is 11.6 Å². The smallest absolute Gasteiger partial charge is 0.136 e. The van der Waals surface area contributed by atoms with E-state index < -0.39 is 0 Å². The molecular weight excluding hydrogens is 250 g/mol. The normalized spacial score (nSPS) is 24.2. The molecule has 2 atom stereocenters. The Balaban J connectivity index is 2.21. The average molecular weight is 270 g/mol. The van der Waals surface area contributed by atoms with Gasteiger partial charge in [-0.25, -0.2) is 0 Å². The molecule has 1 aliphatic carbocycles. The van der Waals surface area contributed by atoms with E-state index >= 15 is 0 Å². The Hall–Kier alpha value is -0.870. The highest BCUT2D eigenvalue weighted by Crippen LogP contribution is 2.39. The molecule has 4 nitrogen and oxygen atoms in total. The maximum absolute atomic E-state index is 11.7. The zero-order valence-corrected chi connectivity index (χ0v) is 11.9. The van der Waals surface area contributed by atoms with Crippen LogP contribution in [0.1, 0.15) is 31.4 Å². The topological polar surface area (TPSA) is 38.1 Å². The van der Waals surface area contributed by atoms with Crippen LogP contribution in [-0.2, 0) is 11.3 Å². The molecule has 0 spiro atoms. The highest BCUT2D eigenvalue weighted by atomic mass is 35.5. The second-order valence-electron chi connectivity index (χ2n) is 5.30. The SMILES string of the molecule is CC1C(=O)CCC1c1c(Cl)cnn1CCN(C)C. The van der Waals surface area contributed by atoms with Crippen LogP contribution in [0.3, 0.4) is 0 Å². The molecule has 1 fully saturated rings. The van der Waals surface area contributed by atoms with E-state index in [2.05, 4.69) is 10.00 Å². The number of ketones is 1. The fraction of sp³-hybridized carbons (Fsp3) is 0.692. The van der Waals surface area contributed by atoms with Crippen LogP contribution >= 0.6 is 11.6 Å². The van der Waals surface area contributed by atoms with Gasteiger partial charge in [0.05, 0.1) is 23.5 Å². The van der Waals surface area contributed by atoms with Gasteiger partial charge in [-0.2, -0.15) is 5.10 Å². The first kappa shape index (κ1) is 13.6. The summed E-state index contributed by atoms with van der Waals surface area (Å²) in [4.78, 5) is 13.8. The molecule has 0 aliphatic heterocycles. The molecular formula is C13H20ClN3O. The third-order valence-electron chi connectivity index (χ3n) is 3.76. The predicted octanol–water partition coefficient (Wildman–Crippen LogP) is 2.18. The first-order valence-corrected chi connectivity index (χ1v) is 6.77. The lowest BCUT2D eigenvalue weighted by Gasteiger charge is -2.18. The Kier molecular flexibility index (Phi) is 4.07. The van der Waals surface area contributed by atoms with E-state index in [1.165, 1.54) is 0 Å². The van der Waals surface area contributed by atoms with Crippen LogP contribution in [0.15, 0.2) is 6.20 Å². The third kappa shape index (κ3) is 2.59. The van der Waals surface area contributed by atoms with Gasteiger partial charge in [0.1, 0.15) is 5.78 Å². The molecule has 1 aromatic heterocycles. The Labute approximate surface area is 113 Å². The minimum Gasteiger partial charge on any atom is -0.308 e. The summed E-state index contributed by atoms with van der Waals surface area (Å²) in [7, 11) is 4.07. The highest BCUT2D eigenvalue weighted by molar-refractivity contribution is 6.31. The Morgan fingerprint density at radius 1 is 1.56 bits per heavy atom. The van der Waals surface area contributed by atoms with E-state index in [0.29, 0.717) is 17.2 Å². The van der Waals surface area contributed by atoms with E-state index in [9.17, 15) is 4.79 Å². The van der Waals surface area contributed by atoms with Crippen molar-refractivity contribution in [3.8, 4) is 0 Å². The zero-order chi connectivity index (χ0) is 13.3. The summed E-state index contributed by atoms with van der Waals surface area (Å²) in [5.41, 5.74) is 1.04. The number of rotatable bonds is 4. The number of hydrogen-bond donors (Lipinski definition) is 0. The average Bonchev–Trinajstić information content (AvgIpc) is 2.82. The van der Waals surface area contributed by atoms with Crippen LogP contribution < -0.4 is 0 Å². The Bertz CT molecular complexity index is 441. The summed E-state index contributed by atoms with van der Waals surface area (Å²) in [6.45, 7) is 3.73. The molecule has 18 heavy (non-hydrogen) atoms. The van der Waals surface area contributed by atoms with Gasteiger partial charge in [-0.1, -0.05) is 18.5 Å². The molecule has 1 aromatic rings. The Morgan fingerprint density at radius 2 is 2.28 bits per heavy atom. The molecule has 0 saturated heterocycles. The lowest BCUT2D eigenvalue weighted by atomic mass is 9.94. The van der Waals surface area contributed by atoms with Gasteiger partial charge in [-0.15, -0.1) is 0 Å². The fourth-order valence-corrected chi connectivity index (χ4v) is 2.87. The van der Waals surface area contributed by atoms with Gasteiger partial charge in [0, 0.05) is 24.8 Å². The van der Waals surface area contributed by atoms with Crippen molar-refractivity contribution in [1.29, 1.82) is 0 Å². The number of Topliss-reactive ketones (excluding diaryl/α,β-unsaturated/α-hetero) is 1. The summed E-state index contributed by atoms with van der Waals surface area (Å²) in [5.74, 6) is 0.642. The van der Waals surface area contributed by atoms with Crippen molar-refractivity contribution in [2.24, 2.45) is 5.92 Å². The van der Waals surface area contributed by atoms with Crippen LogP contribution in [0.2, 0.25) is 5.02 Å². The number of hydrogen-bond acceptors (Lipinski definition) is 3. The summed E-state index contributed by atoms with van der Waals surface area (Å²) in [5, 5.41) is 5.03. The highest BCUT2D eigenvalue weighted by Gasteiger charge is 2.35. The molecule has 0 bridgehead atoms. The van der Waals surface area contributed by atoms with Crippen molar-refractivity contribution in [2.45, 2.75) is 32.2 Å². The zero-order valence-electron chi connectivity index (χ0n) is 11.2. The summed E-state index contributed by atoms with van der Waals surface area (Å²) < 4.78 is 1.96. The summed E-state index contributed by atoms with van der Waals surface area (Å²) >= 11 is 6.25. The van der Waals surface area contributed by atoms with Crippen molar-refractivity contribution in [1.82, 2.24) is 14.7 Å². The van der Waals surface area contributed by atoms with E-state index in [1.54, 1.807) is 6.20 Å². The van der Waals surface area contributed by atoms with Gasteiger partial charge in [0.15, 0.2) is 0 Å².